The van der Waals surface area contributed by atoms with Crippen LogP contribution >= 0.6 is 15.9 Å². The number of esters is 1. The van der Waals surface area contributed by atoms with E-state index in [1.54, 1.807) is 0 Å². The summed E-state index contributed by atoms with van der Waals surface area (Å²) in [5.74, 6) is -0.928. The van der Waals surface area contributed by atoms with Crippen LogP contribution in [0.2, 0.25) is 0 Å². The summed E-state index contributed by atoms with van der Waals surface area (Å²) in [5, 5.41) is 0. The van der Waals surface area contributed by atoms with Gasteiger partial charge in [0.15, 0.2) is 0 Å². The third-order valence-electron chi connectivity index (χ3n) is 2.11. The van der Waals surface area contributed by atoms with E-state index in [1.807, 2.05) is 20.8 Å². The van der Waals surface area contributed by atoms with Gasteiger partial charge < -0.3 is 18.6 Å². The van der Waals surface area contributed by atoms with E-state index in [4.69, 9.17) is 13.9 Å². The van der Waals surface area contributed by atoms with E-state index in [9.17, 15) is 9.59 Å². The smallest absolute Gasteiger partial charge is 0.380 e. The third kappa shape index (κ3) is 4.97. The molecule has 0 aliphatic rings. The summed E-state index contributed by atoms with van der Waals surface area (Å²) in [7, 11) is 1.20. The maximum Gasteiger partial charge on any atom is 0.380 e. The van der Waals surface area contributed by atoms with Gasteiger partial charge in [-0.1, -0.05) is 0 Å². The zero-order valence-electron chi connectivity index (χ0n) is 11.8. The molecule has 1 heterocycles. The first-order valence-corrected chi connectivity index (χ1v) is 6.72. The molecule has 0 fully saturated rings. The Bertz CT molecular complexity index is 529. The molecule has 1 rings (SSSR count). The Labute approximate surface area is 125 Å². The van der Waals surface area contributed by atoms with Crippen LogP contribution in [0.15, 0.2) is 19.8 Å². The number of halogens is 1. The predicted molar refractivity (Wildman–Crippen MR) is 75.2 cm³/mol. The molecule has 0 saturated carbocycles. The van der Waals surface area contributed by atoms with Gasteiger partial charge in [-0.25, -0.2) is 9.59 Å². The van der Waals surface area contributed by atoms with Gasteiger partial charge in [-0.15, -0.1) is 0 Å². The van der Waals surface area contributed by atoms with Gasteiger partial charge in [0.1, 0.15) is 6.61 Å². The van der Waals surface area contributed by atoms with Crippen LogP contribution in [-0.4, -0.2) is 31.9 Å². The summed E-state index contributed by atoms with van der Waals surface area (Å²) in [6.07, 6.45) is 0. The van der Waals surface area contributed by atoms with Gasteiger partial charge >= 0.3 is 11.6 Å². The minimum Gasteiger partial charge on any atom is -0.483 e. The third-order valence-corrected chi connectivity index (χ3v) is 2.70. The largest absolute Gasteiger partial charge is 0.483 e. The maximum absolute atomic E-state index is 11.7. The van der Waals surface area contributed by atoms with Gasteiger partial charge in [0.25, 0.3) is 0 Å². The first-order valence-electron chi connectivity index (χ1n) is 5.93. The average molecular weight is 349 g/mol. The maximum atomic E-state index is 11.7. The Balaban J connectivity index is 2.72. The van der Waals surface area contributed by atoms with Crippen molar-refractivity contribution in [2.75, 3.05) is 20.3 Å². The van der Waals surface area contributed by atoms with Gasteiger partial charge in [0, 0.05) is 6.07 Å². The van der Waals surface area contributed by atoms with Crippen molar-refractivity contribution < 1.29 is 23.4 Å². The quantitative estimate of drug-likeness (QED) is 0.600. The molecular formula is C13H17BrO6. The number of rotatable bonds is 5. The molecule has 1 aromatic rings. The Kier molecular flexibility index (Phi) is 5.76. The van der Waals surface area contributed by atoms with Gasteiger partial charge in [-0.3, -0.25) is 0 Å². The van der Waals surface area contributed by atoms with Crippen molar-refractivity contribution in [2.24, 2.45) is 0 Å². The molecule has 0 aromatic carbocycles. The van der Waals surface area contributed by atoms with Crippen LogP contribution in [-0.2, 0) is 9.47 Å². The number of methoxy groups -OCH3 is 1. The highest BCUT2D eigenvalue weighted by atomic mass is 79.9. The molecule has 0 bridgehead atoms. The Hall–Kier alpha value is -1.34. The van der Waals surface area contributed by atoms with Gasteiger partial charge in [0.05, 0.1) is 23.8 Å². The second kappa shape index (κ2) is 6.90. The molecule has 0 radical (unpaired) electrons. The van der Waals surface area contributed by atoms with Crippen molar-refractivity contribution in [3.8, 4) is 5.75 Å². The fraction of sp³-hybridized carbons (Fsp3) is 0.538. The molecule has 0 aliphatic carbocycles. The summed E-state index contributed by atoms with van der Waals surface area (Å²) in [5.41, 5.74) is -1.03. The summed E-state index contributed by atoms with van der Waals surface area (Å²) < 4.78 is 20.4. The van der Waals surface area contributed by atoms with E-state index in [2.05, 4.69) is 20.7 Å². The molecule has 0 amide bonds. The van der Waals surface area contributed by atoms with Crippen molar-refractivity contribution in [1.29, 1.82) is 0 Å². The van der Waals surface area contributed by atoms with Crippen LogP contribution in [0.1, 0.15) is 31.3 Å². The number of ether oxygens (including phenoxy) is 3. The highest BCUT2D eigenvalue weighted by Crippen LogP contribution is 2.22. The topological polar surface area (TPSA) is 75.0 Å². The second-order valence-corrected chi connectivity index (χ2v) is 5.73. The van der Waals surface area contributed by atoms with Gasteiger partial charge in [-0.2, -0.15) is 0 Å². The lowest BCUT2D eigenvalue weighted by Gasteiger charge is -2.19. The van der Waals surface area contributed by atoms with Crippen LogP contribution in [0.3, 0.4) is 0 Å². The molecule has 7 heteroatoms. The zero-order chi connectivity index (χ0) is 15.3. The lowest BCUT2D eigenvalue weighted by atomic mass is 10.2. The van der Waals surface area contributed by atoms with Crippen LogP contribution < -0.4 is 10.4 Å². The molecule has 0 saturated heterocycles. The molecule has 20 heavy (non-hydrogen) atoms. The van der Waals surface area contributed by atoms with Crippen molar-refractivity contribution >= 4 is 21.9 Å². The zero-order valence-corrected chi connectivity index (χ0v) is 13.4. The van der Waals surface area contributed by atoms with E-state index in [-0.39, 0.29) is 23.7 Å². The summed E-state index contributed by atoms with van der Waals surface area (Å²) in [6.45, 7) is 6.28. The summed E-state index contributed by atoms with van der Waals surface area (Å²) >= 11 is 3.15. The van der Waals surface area contributed by atoms with Crippen LogP contribution in [0, 0.1) is 0 Å². The number of hydrogen-bond donors (Lipinski definition) is 0. The Morgan fingerprint density at radius 2 is 2.00 bits per heavy atom. The molecule has 1 aromatic heterocycles. The van der Waals surface area contributed by atoms with Crippen molar-refractivity contribution in [3.63, 3.8) is 0 Å². The van der Waals surface area contributed by atoms with E-state index >= 15 is 0 Å². The highest BCUT2D eigenvalue weighted by Gasteiger charge is 2.17. The number of carbonyl (C=O) groups is 1. The van der Waals surface area contributed by atoms with Crippen molar-refractivity contribution in [2.45, 2.75) is 26.4 Å². The van der Waals surface area contributed by atoms with E-state index < -0.39 is 11.6 Å². The molecular weight excluding hydrogens is 332 g/mol. The first-order chi connectivity index (χ1) is 9.24. The summed E-state index contributed by atoms with van der Waals surface area (Å²) in [6, 6.07) is 1.33. The lowest BCUT2D eigenvalue weighted by Crippen LogP contribution is -2.23. The average Bonchev–Trinajstić information content (AvgIpc) is 2.34. The molecule has 0 aliphatic heterocycles. The predicted octanol–water partition coefficient (Wildman–Crippen LogP) is 2.38. The van der Waals surface area contributed by atoms with E-state index in [0.717, 1.165) is 0 Å². The number of hydrogen-bond acceptors (Lipinski definition) is 6. The van der Waals surface area contributed by atoms with Crippen molar-refractivity contribution in [3.05, 3.63) is 26.7 Å². The molecule has 0 atom stereocenters. The van der Waals surface area contributed by atoms with Gasteiger partial charge in [0.2, 0.25) is 11.5 Å². The molecule has 0 spiro atoms. The fourth-order valence-electron chi connectivity index (χ4n) is 1.27. The minimum absolute atomic E-state index is 0.00448. The van der Waals surface area contributed by atoms with Gasteiger partial charge in [-0.05, 0) is 36.7 Å². The molecule has 6 nitrogen and oxygen atoms in total. The normalized spacial score (nSPS) is 11.2. The van der Waals surface area contributed by atoms with E-state index in [0.29, 0.717) is 11.1 Å². The van der Waals surface area contributed by atoms with Crippen LogP contribution in [0.4, 0.5) is 0 Å². The standard InChI is InChI=1S/C13H17BrO6/c1-13(2,3)19-6-5-18-10-8(14)7-9(11(15)17-4)20-12(10)16/h7H,5-6H2,1-4H3. The minimum atomic E-state index is -0.754. The lowest BCUT2D eigenvalue weighted by molar-refractivity contribution is -0.0168. The molecule has 0 unspecified atom stereocenters. The highest BCUT2D eigenvalue weighted by molar-refractivity contribution is 9.10. The SMILES string of the molecule is COC(=O)c1cc(Br)c(OCCOC(C)(C)C)c(=O)o1. The summed E-state index contributed by atoms with van der Waals surface area (Å²) in [4.78, 5) is 23.0. The number of carbonyl (C=O) groups excluding carboxylic acids is 1. The Morgan fingerprint density at radius 3 is 2.50 bits per heavy atom. The van der Waals surface area contributed by atoms with E-state index in [1.165, 1.54) is 13.2 Å². The monoisotopic (exact) mass is 348 g/mol. The van der Waals surface area contributed by atoms with Crippen LogP contribution in [0.5, 0.6) is 5.75 Å². The molecule has 0 N–H and O–H groups in total. The molecule has 112 valence electrons. The van der Waals surface area contributed by atoms with Crippen LogP contribution in [0.25, 0.3) is 0 Å². The second-order valence-electron chi connectivity index (χ2n) is 4.88. The van der Waals surface area contributed by atoms with Crippen molar-refractivity contribution in [1.82, 2.24) is 0 Å². The Morgan fingerprint density at radius 1 is 1.35 bits per heavy atom. The first kappa shape index (κ1) is 16.7. The fourth-order valence-corrected chi connectivity index (χ4v) is 1.76.